The molecular formula is C15H10BrFN2O2S. The van der Waals surface area contributed by atoms with Gasteiger partial charge in [-0.05, 0) is 48.0 Å². The monoisotopic (exact) mass is 380 g/mol. The molecule has 0 aliphatic carbocycles. The Morgan fingerprint density at radius 1 is 1.14 bits per heavy atom. The largest absolute Gasteiger partial charge is 0.279 e. The van der Waals surface area contributed by atoms with E-state index in [0.29, 0.717) is 5.56 Å². The van der Waals surface area contributed by atoms with Crippen LogP contribution in [0.5, 0.6) is 0 Å². The van der Waals surface area contributed by atoms with Crippen molar-refractivity contribution < 1.29 is 12.8 Å². The Hall–Kier alpha value is -2.17. The molecule has 0 aliphatic rings. The second kappa shape index (κ2) is 6.73. The lowest BCUT2D eigenvalue weighted by atomic mass is 10.2. The average molecular weight is 381 g/mol. The minimum atomic E-state index is -4.03. The van der Waals surface area contributed by atoms with Crippen molar-refractivity contribution in [2.45, 2.75) is 0 Å². The third kappa shape index (κ3) is 4.16. The van der Waals surface area contributed by atoms with Crippen LogP contribution in [0.15, 0.2) is 57.9 Å². The number of hydrogen-bond acceptors (Lipinski definition) is 3. The standard InChI is InChI=1S/C15H10BrFN2O2S/c16-12-3-1-11(2-4-12)9-15(10-18)22(20,21)19-14-7-5-13(17)6-8-14/h1-9,19H/b15-9-. The summed E-state index contributed by atoms with van der Waals surface area (Å²) in [4.78, 5) is -0.431. The summed E-state index contributed by atoms with van der Waals surface area (Å²) in [7, 11) is -4.03. The molecule has 0 bridgehead atoms. The number of allylic oxidation sites excluding steroid dienone is 1. The van der Waals surface area contributed by atoms with Gasteiger partial charge in [0, 0.05) is 10.2 Å². The van der Waals surface area contributed by atoms with Crippen molar-refractivity contribution >= 4 is 37.7 Å². The Balaban J connectivity index is 2.31. The van der Waals surface area contributed by atoms with Crippen LogP contribution in [0.3, 0.4) is 0 Å². The van der Waals surface area contributed by atoms with Gasteiger partial charge in [0.1, 0.15) is 11.9 Å². The predicted octanol–water partition coefficient (Wildman–Crippen LogP) is 3.89. The first-order valence-electron chi connectivity index (χ1n) is 6.06. The predicted molar refractivity (Wildman–Crippen MR) is 86.7 cm³/mol. The van der Waals surface area contributed by atoms with Crippen molar-refractivity contribution in [3.05, 3.63) is 69.3 Å². The molecule has 22 heavy (non-hydrogen) atoms. The molecule has 0 aliphatic heterocycles. The molecule has 0 amide bonds. The summed E-state index contributed by atoms with van der Waals surface area (Å²) < 4.78 is 40.3. The van der Waals surface area contributed by atoms with Gasteiger partial charge >= 0.3 is 0 Å². The lowest BCUT2D eigenvalue weighted by Crippen LogP contribution is -2.14. The second-order valence-electron chi connectivity index (χ2n) is 4.28. The van der Waals surface area contributed by atoms with E-state index in [4.69, 9.17) is 5.26 Å². The van der Waals surface area contributed by atoms with E-state index in [2.05, 4.69) is 20.7 Å². The van der Waals surface area contributed by atoms with Crippen molar-refractivity contribution in [3.63, 3.8) is 0 Å². The Labute approximate surface area is 136 Å². The van der Waals surface area contributed by atoms with Gasteiger partial charge < -0.3 is 0 Å². The second-order valence-corrected chi connectivity index (χ2v) is 6.85. The molecule has 112 valence electrons. The first-order chi connectivity index (χ1) is 10.4. The molecule has 2 rings (SSSR count). The molecular weight excluding hydrogens is 371 g/mol. The van der Waals surface area contributed by atoms with E-state index >= 15 is 0 Å². The van der Waals surface area contributed by atoms with E-state index in [9.17, 15) is 12.8 Å². The highest BCUT2D eigenvalue weighted by atomic mass is 79.9. The highest BCUT2D eigenvalue weighted by Gasteiger charge is 2.17. The number of hydrogen-bond donors (Lipinski definition) is 1. The van der Waals surface area contributed by atoms with Crippen LogP contribution in [-0.4, -0.2) is 8.42 Å². The molecule has 0 saturated heterocycles. The molecule has 0 saturated carbocycles. The summed E-state index contributed by atoms with van der Waals surface area (Å²) in [5.74, 6) is -0.478. The summed E-state index contributed by atoms with van der Waals surface area (Å²) >= 11 is 3.27. The first-order valence-corrected chi connectivity index (χ1v) is 8.34. The Morgan fingerprint density at radius 2 is 1.73 bits per heavy atom. The molecule has 1 N–H and O–H groups in total. The number of nitrogens with one attached hydrogen (secondary N) is 1. The zero-order valence-electron chi connectivity index (χ0n) is 11.1. The first kappa shape index (κ1) is 16.2. The fourth-order valence-corrected chi connectivity index (χ4v) is 2.84. The van der Waals surface area contributed by atoms with E-state index in [1.54, 1.807) is 30.3 Å². The van der Waals surface area contributed by atoms with Gasteiger partial charge in [-0.3, -0.25) is 4.72 Å². The molecule has 0 spiro atoms. The minimum absolute atomic E-state index is 0.179. The van der Waals surface area contributed by atoms with Crippen LogP contribution in [0.4, 0.5) is 10.1 Å². The number of nitrogens with zero attached hydrogens (tertiary/aromatic N) is 1. The van der Waals surface area contributed by atoms with Crippen LogP contribution in [0.25, 0.3) is 6.08 Å². The van der Waals surface area contributed by atoms with Crippen LogP contribution in [0.2, 0.25) is 0 Å². The van der Waals surface area contributed by atoms with E-state index < -0.39 is 20.7 Å². The van der Waals surface area contributed by atoms with Gasteiger partial charge in [-0.2, -0.15) is 5.26 Å². The molecule has 4 nitrogen and oxygen atoms in total. The zero-order valence-corrected chi connectivity index (χ0v) is 13.5. The maximum absolute atomic E-state index is 12.8. The van der Waals surface area contributed by atoms with Gasteiger partial charge in [-0.15, -0.1) is 0 Å². The number of nitriles is 1. The SMILES string of the molecule is N#C/C(=C/c1ccc(Br)cc1)S(=O)(=O)Nc1ccc(F)cc1. The van der Waals surface area contributed by atoms with E-state index in [1.807, 2.05) is 0 Å². The summed E-state index contributed by atoms with van der Waals surface area (Å²) in [6, 6.07) is 13.3. The van der Waals surface area contributed by atoms with Crippen molar-refractivity contribution in [2.75, 3.05) is 4.72 Å². The van der Waals surface area contributed by atoms with E-state index in [1.165, 1.54) is 18.2 Å². The van der Waals surface area contributed by atoms with Crippen molar-refractivity contribution in [1.29, 1.82) is 5.26 Å². The minimum Gasteiger partial charge on any atom is -0.279 e. The molecule has 0 heterocycles. The highest BCUT2D eigenvalue weighted by molar-refractivity contribution is 9.10. The number of rotatable bonds is 4. The molecule has 2 aromatic rings. The van der Waals surface area contributed by atoms with Gasteiger partial charge in [0.05, 0.1) is 0 Å². The third-order valence-electron chi connectivity index (χ3n) is 2.66. The summed E-state index contributed by atoms with van der Waals surface area (Å²) in [6.07, 6.45) is 1.26. The normalized spacial score (nSPS) is 11.8. The van der Waals surface area contributed by atoms with Crippen LogP contribution in [0.1, 0.15) is 5.56 Å². The molecule has 7 heteroatoms. The topological polar surface area (TPSA) is 70.0 Å². The van der Waals surface area contributed by atoms with E-state index in [0.717, 1.165) is 16.6 Å². The smallest absolute Gasteiger partial charge is 0.272 e. The number of halogens is 2. The summed E-state index contributed by atoms with van der Waals surface area (Å²) in [5, 5.41) is 9.09. The van der Waals surface area contributed by atoms with Gasteiger partial charge in [-0.25, -0.2) is 12.8 Å². The van der Waals surface area contributed by atoms with Gasteiger partial charge in [0.25, 0.3) is 10.0 Å². The van der Waals surface area contributed by atoms with Crippen LogP contribution < -0.4 is 4.72 Å². The molecule has 0 aromatic heterocycles. The lowest BCUT2D eigenvalue weighted by Gasteiger charge is -2.07. The average Bonchev–Trinajstić information content (AvgIpc) is 2.48. The molecule has 0 fully saturated rings. The fraction of sp³-hybridized carbons (Fsp3) is 0. The maximum Gasteiger partial charge on any atom is 0.272 e. The van der Waals surface area contributed by atoms with Gasteiger partial charge in [-0.1, -0.05) is 28.1 Å². The lowest BCUT2D eigenvalue weighted by molar-refractivity contribution is 0.608. The number of benzene rings is 2. The Bertz CT molecular complexity index is 839. The maximum atomic E-state index is 12.8. The Morgan fingerprint density at radius 3 is 2.27 bits per heavy atom. The number of anilines is 1. The summed E-state index contributed by atoms with van der Waals surface area (Å²) in [6.45, 7) is 0. The highest BCUT2D eigenvalue weighted by Crippen LogP contribution is 2.18. The van der Waals surface area contributed by atoms with Crippen molar-refractivity contribution in [3.8, 4) is 6.07 Å². The quantitative estimate of drug-likeness (QED) is 0.817. The van der Waals surface area contributed by atoms with Crippen LogP contribution in [0, 0.1) is 17.1 Å². The Kier molecular flexibility index (Phi) is 4.96. The summed E-state index contributed by atoms with van der Waals surface area (Å²) in [5.41, 5.74) is 0.752. The van der Waals surface area contributed by atoms with Crippen molar-refractivity contribution in [2.24, 2.45) is 0 Å². The zero-order chi connectivity index (χ0) is 16.2. The number of sulfonamides is 1. The molecule has 2 aromatic carbocycles. The molecule has 0 unspecified atom stereocenters. The van der Waals surface area contributed by atoms with Gasteiger partial charge in [0.15, 0.2) is 4.91 Å². The van der Waals surface area contributed by atoms with Crippen molar-refractivity contribution in [1.82, 2.24) is 0 Å². The van der Waals surface area contributed by atoms with Gasteiger partial charge in [0.2, 0.25) is 0 Å². The van der Waals surface area contributed by atoms with Crippen LogP contribution in [-0.2, 0) is 10.0 Å². The molecule has 0 radical (unpaired) electrons. The fourth-order valence-electron chi connectivity index (χ4n) is 1.61. The third-order valence-corrected chi connectivity index (χ3v) is 4.49. The van der Waals surface area contributed by atoms with Crippen LogP contribution >= 0.6 is 15.9 Å². The van der Waals surface area contributed by atoms with E-state index in [-0.39, 0.29) is 5.69 Å². The molecule has 0 atom stereocenters.